The number of nitrogens with one attached hydrogen (secondary N) is 1. The van der Waals surface area contributed by atoms with Crippen LogP contribution in [0.15, 0.2) is 18.2 Å². The van der Waals surface area contributed by atoms with Crippen molar-refractivity contribution in [1.29, 1.82) is 0 Å². The maximum Gasteiger partial charge on any atom is 0.166 e. The molecule has 0 saturated heterocycles. The smallest absolute Gasteiger partial charge is 0.166 e. The molecule has 4 heteroatoms. The minimum atomic E-state index is -0.365. The van der Waals surface area contributed by atoms with Crippen LogP contribution in [0.25, 0.3) is 0 Å². The first-order chi connectivity index (χ1) is 10.3. The van der Waals surface area contributed by atoms with Gasteiger partial charge >= 0.3 is 0 Å². The summed E-state index contributed by atoms with van der Waals surface area (Å²) >= 11 is 0. The van der Waals surface area contributed by atoms with Gasteiger partial charge in [-0.2, -0.15) is 0 Å². The lowest BCUT2D eigenvalue weighted by molar-refractivity contribution is 0.0575. The summed E-state index contributed by atoms with van der Waals surface area (Å²) in [5.74, 6) is 1.56. The Labute approximate surface area is 127 Å². The molecule has 2 unspecified atom stereocenters. The summed E-state index contributed by atoms with van der Waals surface area (Å²) in [5.41, 5.74) is 1.09. The van der Waals surface area contributed by atoms with Crippen molar-refractivity contribution in [2.75, 3.05) is 13.2 Å². The zero-order chi connectivity index (χ0) is 15.1. The van der Waals surface area contributed by atoms with Gasteiger partial charge in [0.2, 0.25) is 0 Å². The molecule has 1 aliphatic carbocycles. The van der Waals surface area contributed by atoms with Crippen molar-refractivity contribution < 1.29 is 14.6 Å². The highest BCUT2D eigenvalue weighted by Gasteiger charge is 2.28. The lowest BCUT2D eigenvalue weighted by Gasteiger charge is -2.22. The van der Waals surface area contributed by atoms with E-state index in [-0.39, 0.29) is 12.2 Å². The van der Waals surface area contributed by atoms with Crippen LogP contribution in [0.4, 0.5) is 0 Å². The van der Waals surface area contributed by atoms with Crippen LogP contribution in [0.3, 0.4) is 0 Å². The maximum absolute atomic E-state index is 9.99. The molecule has 0 spiro atoms. The largest absolute Gasteiger partial charge is 0.490 e. The molecule has 118 valence electrons. The molecule has 0 bridgehead atoms. The van der Waals surface area contributed by atoms with E-state index in [0.717, 1.165) is 55.8 Å². The topological polar surface area (TPSA) is 50.7 Å². The van der Waals surface area contributed by atoms with Crippen molar-refractivity contribution in [3.8, 4) is 11.5 Å². The molecule has 1 aromatic carbocycles. The number of aliphatic hydroxyl groups is 1. The molecular formula is C17H27NO3. The predicted molar refractivity (Wildman–Crippen MR) is 83.9 cm³/mol. The highest BCUT2D eigenvalue weighted by atomic mass is 16.5. The van der Waals surface area contributed by atoms with Crippen molar-refractivity contribution >= 4 is 0 Å². The molecule has 2 atom stereocenters. The van der Waals surface area contributed by atoms with Crippen molar-refractivity contribution in [2.45, 2.75) is 58.3 Å². The van der Waals surface area contributed by atoms with Crippen LogP contribution in [-0.4, -0.2) is 30.5 Å². The lowest BCUT2D eigenvalue weighted by atomic mass is 10.1. The number of hydrogen-bond acceptors (Lipinski definition) is 4. The van der Waals surface area contributed by atoms with Crippen molar-refractivity contribution in [1.82, 2.24) is 5.32 Å². The molecule has 1 aromatic rings. The van der Waals surface area contributed by atoms with E-state index in [1.807, 2.05) is 19.1 Å². The van der Waals surface area contributed by atoms with Crippen LogP contribution in [-0.2, 0) is 6.54 Å². The standard InChI is InChI=1S/C17H27NO3/c1-3-11-18-12-13-7-5-10-16(20-4-2)17(13)21-15-9-6-8-14(15)19/h5,7,10,14-15,18-19H,3-4,6,8-9,11-12H2,1-2H3. The van der Waals surface area contributed by atoms with Gasteiger partial charge in [-0.25, -0.2) is 0 Å². The summed E-state index contributed by atoms with van der Waals surface area (Å²) in [6, 6.07) is 5.98. The first kappa shape index (κ1) is 16.1. The monoisotopic (exact) mass is 293 g/mol. The fraction of sp³-hybridized carbons (Fsp3) is 0.647. The van der Waals surface area contributed by atoms with Gasteiger partial charge in [0.1, 0.15) is 6.10 Å². The highest BCUT2D eigenvalue weighted by molar-refractivity contribution is 5.47. The normalized spacial score (nSPS) is 21.5. The number of rotatable bonds is 8. The van der Waals surface area contributed by atoms with Crippen LogP contribution in [0.2, 0.25) is 0 Å². The highest BCUT2D eigenvalue weighted by Crippen LogP contribution is 2.35. The second-order valence-electron chi connectivity index (χ2n) is 5.51. The Morgan fingerprint density at radius 3 is 2.81 bits per heavy atom. The summed E-state index contributed by atoms with van der Waals surface area (Å²) in [6.07, 6.45) is 3.37. The molecule has 0 aromatic heterocycles. The second kappa shape index (κ2) is 8.25. The van der Waals surface area contributed by atoms with E-state index in [0.29, 0.717) is 6.61 Å². The van der Waals surface area contributed by atoms with E-state index in [1.54, 1.807) is 0 Å². The van der Waals surface area contributed by atoms with Gasteiger partial charge < -0.3 is 19.9 Å². The Morgan fingerprint density at radius 2 is 2.14 bits per heavy atom. The molecule has 1 aliphatic rings. The molecule has 0 radical (unpaired) electrons. The Balaban J connectivity index is 2.16. The predicted octanol–water partition coefficient (Wildman–Crippen LogP) is 2.88. The third-order valence-electron chi connectivity index (χ3n) is 3.79. The van der Waals surface area contributed by atoms with Crippen LogP contribution in [0.1, 0.15) is 45.1 Å². The number of ether oxygens (including phenoxy) is 2. The van der Waals surface area contributed by atoms with Crippen molar-refractivity contribution in [2.24, 2.45) is 0 Å². The molecule has 0 amide bonds. The number of hydrogen-bond donors (Lipinski definition) is 2. The maximum atomic E-state index is 9.99. The zero-order valence-electron chi connectivity index (χ0n) is 13.1. The first-order valence-electron chi connectivity index (χ1n) is 8.06. The first-order valence-corrected chi connectivity index (χ1v) is 8.06. The molecule has 1 fully saturated rings. The van der Waals surface area contributed by atoms with Crippen LogP contribution >= 0.6 is 0 Å². The fourth-order valence-corrected chi connectivity index (χ4v) is 2.70. The SMILES string of the molecule is CCCNCc1cccc(OCC)c1OC1CCCC1O. The third-order valence-corrected chi connectivity index (χ3v) is 3.79. The Morgan fingerprint density at radius 1 is 1.29 bits per heavy atom. The summed E-state index contributed by atoms with van der Waals surface area (Å²) < 4.78 is 11.8. The lowest BCUT2D eigenvalue weighted by Crippen LogP contribution is -2.27. The molecule has 21 heavy (non-hydrogen) atoms. The summed E-state index contributed by atoms with van der Waals surface area (Å²) in [5, 5.41) is 13.4. The summed E-state index contributed by atoms with van der Waals surface area (Å²) in [7, 11) is 0. The van der Waals surface area contributed by atoms with Gasteiger partial charge in [-0.3, -0.25) is 0 Å². The Kier molecular flexibility index (Phi) is 6.33. The Hall–Kier alpha value is -1.26. The summed E-state index contributed by atoms with van der Waals surface area (Å²) in [6.45, 7) is 6.46. The van der Waals surface area contributed by atoms with Gasteiger partial charge in [0, 0.05) is 12.1 Å². The van der Waals surface area contributed by atoms with Gasteiger partial charge in [-0.05, 0) is 45.2 Å². The van der Waals surface area contributed by atoms with E-state index in [4.69, 9.17) is 9.47 Å². The van der Waals surface area contributed by atoms with E-state index >= 15 is 0 Å². The van der Waals surface area contributed by atoms with E-state index < -0.39 is 0 Å². The molecule has 2 rings (SSSR count). The fourth-order valence-electron chi connectivity index (χ4n) is 2.70. The zero-order valence-corrected chi connectivity index (χ0v) is 13.1. The average molecular weight is 293 g/mol. The molecule has 1 saturated carbocycles. The van der Waals surface area contributed by atoms with E-state index in [9.17, 15) is 5.11 Å². The Bertz CT molecular complexity index is 436. The molecule has 4 nitrogen and oxygen atoms in total. The molecule has 0 aliphatic heterocycles. The third kappa shape index (κ3) is 4.35. The van der Waals surface area contributed by atoms with Gasteiger partial charge in [-0.1, -0.05) is 19.1 Å². The van der Waals surface area contributed by atoms with Crippen LogP contribution in [0, 0.1) is 0 Å². The quantitative estimate of drug-likeness (QED) is 0.724. The number of para-hydroxylation sites is 1. The summed E-state index contributed by atoms with van der Waals surface area (Å²) in [4.78, 5) is 0. The number of aliphatic hydroxyl groups excluding tert-OH is 1. The minimum Gasteiger partial charge on any atom is -0.490 e. The second-order valence-corrected chi connectivity index (χ2v) is 5.51. The average Bonchev–Trinajstić information content (AvgIpc) is 2.88. The van der Waals surface area contributed by atoms with Gasteiger partial charge in [0.05, 0.1) is 12.7 Å². The number of benzene rings is 1. The van der Waals surface area contributed by atoms with Crippen molar-refractivity contribution in [3.05, 3.63) is 23.8 Å². The van der Waals surface area contributed by atoms with Crippen LogP contribution in [0.5, 0.6) is 11.5 Å². The van der Waals surface area contributed by atoms with Gasteiger partial charge in [0.25, 0.3) is 0 Å². The van der Waals surface area contributed by atoms with Crippen molar-refractivity contribution in [3.63, 3.8) is 0 Å². The molecule has 0 heterocycles. The van der Waals surface area contributed by atoms with E-state index in [1.165, 1.54) is 0 Å². The molecule has 2 N–H and O–H groups in total. The van der Waals surface area contributed by atoms with Gasteiger partial charge in [0.15, 0.2) is 11.5 Å². The van der Waals surface area contributed by atoms with Crippen LogP contribution < -0.4 is 14.8 Å². The van der Waals surface area contributed by atoms with E-state index in [2.05, 4.69) is 18.3 Å². The van der Waals surface area contributed by atoms with Gasteiger partial charge in [-0.15, -0.1) is 0 Å². The molecular weight excluding hydrogens is 266 g/mol. The minimum absolute atomic E-state index is 0.114.